The molecule has 1 N–H and O–H groups in total. The van der Waals surface area contributed by atoms with Crippen LogP contribution < -0.4 is 0 Å². The maximum absolute atomic E-state index is 17.2. The molecule has 8 atom stereocenters. The van der Waals surface area contributed by atoms with E-state index in [4.69, 9.17) is 0 Å². The van der Waals surface area contributed by atoms with Crippen LogP contribution in [0.5, 0.6) is 0 Å². The number of aliphatic hydroxyl groups is 1. The van der Waals surface area contributed by atoms with Crippen molar-refractivity contribution in [1.29, 1.82) is 0 Å². The molecule has 3 saturated carbocycles. The highest BCUT2D eigenvalue weighted by molar-refractivity contribution is 6.01. The van der Waals surface area contributed by atoms with E-state index in [0.29, 0.717) is 25.7 Å². The monoisotopic (exact) mass is 420 g/mol. The summed E-state index contributed by atoms with van der Waals surface area (Å²) in [6.07, 6.45) is 3.63. The van der Waals surface area contributed by atoms with Gasteiger partial charge in [0, 0.05) is 23.2 Å². The largest absolute Gasteiger partial charge is 0.390 e. The maximum Gasteiger partial charge on any atom is 0.178 e. The van der Waals surface area contributed by atoms with Crippen LogP contribution in [0.1, 0.15) is 73.1 Å². The van der Waals surface area contributed by atoms with Gasteiger partial charge in [0.15, 0.2) is 11.5 Å². The fourth-order valence-corrected chi connectivity index (χ4v) is 8.27. The molecule has 0 spiro atoms. The van der Waals surface area contributed by atoms with Crippen LogP contribution in [0.4, 0.5) is 8.78 Å². The lowest BCUT2D eigenvalue weighted by molar-refractivity contribution is -0.242. The molecular weight excluding hydrogens is 386 g/mol. The minimum atomic E-state index is -2.09. The number of hydrogen-bond donors (Lipinski definition) is 1. The first-order chi connectivity index (χ1) is 13.9. The van der Waals surface area contributed by atoms with E-state index >= 15 is 8.78 Å². The SMILES string of the molecule is CCC(=O)C1(CC)CCC2(C)C3CC(F)C4=CC(=O)C=CC4(C)C3(F)C(O)CC12C. The second-order valence-corrected chi connectivity index (χ2v) is 10.7. The molecule has 0 bridgehead atoms. The van der Waals surface area contributed by atoms with Crippen molar-refractivity contribution in [2.45, 2.75) is 91.1 Å². The summed E-state index contributed by atoms with van der Waals surface area (Å²) in [5, 5.41) is 11.4. The summed E-state index contributed by atoms with van der Waals surface area (Å²) < 4.78 is 32.7. The summed E-state index contributed by atoms with van der Waals surface area (Å²) in [6, 6.07) is 0. The summed E-state index contributed by atoms with van der Waals surface area (Å²) in [7, 11) is 0. The molecule has 4 aliphatic rings. The number of Topliss-reactive ketones (excluding diaryl/α,β-unsaturated/α-hetero) is 1. The van der Waals surface area contributed by atoms with Gasteiger partial charge in [-0.3, -0.25) is 9.59 Å². The molecule has 3 nitrogen and oxygen atoms in total. The third-order valence-corrected chi connectivity index (χ3v) is 10.3. The van der Waals surface area contributed by atoms with Crippen molar-refractivity contribution < 1.29 is 23.5 Å². The highest BCUT2D eigenvalue weighted by Crippen LogP contribution is 2.77. The van der Waals surface area contributed by atoms with E-state index in [1.165, 1.54) is 18.2 Å². The van der Waals surface area contributed by atoms with Crippen LogP contribution in [0, 0.1) is 27.6 Å². The van der Waals surface area contributed by atoms with Gasteiger partial charge in [-0.25, -0.2) is 8.78 Å². The molecule has 0 saturated heterocycles. The Morgan fingerprint density at radius 3 is 2.50 bits per heavy atom. The normalized spacial score (nSPS) is 52.3. The van der Waals surface area contributed by atoms with Gasteiger partial charge in [-0.1, -0.05) is 33.8 Å². The molecule has 4 aliphatic carbocycles. The Morgan fingerprint density at radius 1 is 1.23 bits per heavy atom. The molecular formula is C25H34F2O3. The summed E-state index contributed by atoms with van der Waals surface area (Å²) >= 11 is 0. The van der Waals surface area contributed by atoms with E-state index in [2.05, 4.69) is 0 Å². The molecule has 5 heteroatoms. The molecule has 0 heterocycles. The lowest BCUT2D eigenvalue weighted by atomic mass is 9.38. The van der Waals surface area contributed by atoms with E-state index in [9.17, 15) is 14.7 Å². The minimum absolute atomic E-state index is 0.0672. The van der Waals surface area contributed by atoms with Crippen LogP contribution in [-0.4, -0.2) is 34.6 Å². The Hall–Kier alpha value is -1.36. The number of alkyl halides is 2. The van der Waals surface area contributed by atoms with Crippen LogP contribution >= 0.6 is 0 Å². The Kier molecular flexibility index (Phi) is 4.62. The van der Waals surface area contributed by atoms with E-state index in [-0.39, 0.29) is 30.0 Å². The van der Waals surface area contributed by atoms with Crippen LogP contribution in [-0.2, 0) is 9.59 Å². The van der Waals surface area contributed by atoms with Crippen molar-refractivity contribution in [3.8, 4) is 0 Å². The van der Waals surface area contributed by atoms with Crippen LogP contribution in [0.3, 0.4) is 0 Å². The van der Waals surface area contributed by atoms with Crippen molar-refractivity contribution in [2.24, 2.45) is 27.6 Å². The summed E-state index contributed by atoms with van der Waals surface area (Å²) in [5.74, 6) is -0.919. The molecule has 0 aliphatic heterocycles. The van der Waals surface area contributed by atoms with E-state index < -0.39 is 45.5 Å². The van der Waals surface area contributed by atoms with E-state index in [1.54, 1.807) is 6.92 Å². The van der Waals surface area contributed by atoms with Gasteiger partial charge in [-0.05, 0) is 67.6 Å². The maximum atomic E-state index is 17.2. The van der Waals surface area contributed by atoms with Gasteiger partial charge in [-0.15, -0.1) is 0 Å². The number of rotatable bonds is 3. The Labute approximate surface area is 178 Å². The first-order valence-corrected chi connectivity index (χ1v) is 11.4. The van der Waals surface area contributed by atoms with Gasteiger partial charge < -0.3 is 5.11 Å². The van der Waals surface area contributed by atoms with Crippen molar-refractivity contribution >= 4 is 11.6 Å². The third kappa shape index (κ3) is 2.13. The standard InChI is InChI=1S/C25H34F2O3/c1-6-19(29)24(7-2)11-10-22(4)18-13-17(26)16-12-15(28)8-9-21(16,3)25(18,27)20(30)14-23(22,24)5/h8-9,12,17-18,20,30H,6-7,10-11,13-14H2,1-5H3. The number of allylic oxidation sites excluding steroid dienone is 4. The van der Waals surface area contributed by atoms with Gasteiger partial charge >= 0.3 is 0 Å². The molecule has 0 aromatic rings. The zero-order valence-electron chi connectivity index (χ0n) is 18.7. The number of hydrogen-bond acceptors (Lipinski definition) is 3. The van der Waals surface area contributed by atoms with Gasteiger partial charge in [0.05, 0.1) is 6.10 Å². The first-order valence-electron chi connectivity index (χ1n) is 11.4. The Morgan fingerprint density at radius 2 is 1.90 bits per heavy atom. The number of fused-ring (bicyclic) bond motifs is 5. The fourth-order valence-electron chi connectivity index (χ4n) is 8.27. The molecule has 166 valence electrons. The zero-order valence-corrected chi connectivity index (χ0v) is 18.7. The van der Waals surface area contributed by atoms with Crippen molar-refractivity contribution in [3.05, 3.63) is 23.8 Å². The first kappa shape index (κ1) is 21.9. The smallest absolute Gasteiger partial charge is 0.178 e. The fraction of sp³-hybridized carbons (Fsp3) is 0.760. The molecule has 3 fully saturated rings. The average Bonchev–Trinajstić information content (AvgIpc) is 2.94. The third-order valence-electron chi connectivity index (χ3n) is 10.3. The predicted octanol–water partition coefficient (Wildman–Crippen LogP) is 5.07. The molecule has 30 heavy (non-hydrogen) atoms. The van der Waals surface area contributed by atoms with Gasteiger partial charge in [-0.2, -0.15) is 0 Å². The lowest BCUT2D eigenvalue weighted by Gasteiger charge is -2.67. The predicted molar refractivity (Wildman–Crippen MR) is 111 cm³/mol. The zero-order chi connectivity index (χ0) is 22.3. The number of halogens is 2. The van der Waals surface area contributed by atoms with Crippen molar-refractivity contribution in [1.82, 2.24) is 0 Å². The molecule has 0 aromatic carbocycles. The van der Waals surface area contributed by atoms with Gasteiger partial charge in [0.25, 0.3) is 0 Å². The number of carbonyl (C=O) groups excluding carboxylic acids is 2. The van der Waals surface area contributed by atoms with Crippen LogP contribution in [0.25, 0.3) is 0 Å². The minimum Gasteiger partial charge on any atom is -0.390 e. The molecule has 0 amide bonds. The van der Waals surface area contributed by atoms with Crippen molar-refractivity contribution in [2.75, 3.05) is 0 Å². The second kappa shape index (κ2) is 6.34. The van der Waals surface area contributed by atoms with Gasteiger partial charge in [0.1, 0.15) is 12.0 Å². The quantitative estimate of drug-likeness (QED) is 0.693. The second-order valence-electron chi connectivity index (χ2n) is 10.7. The number of ketones is 2. The van der Waals surface area contributed by atoms with Crippen LogP contribution in [0.2, 0.25) is 0 Å². The van der Waals surface area contributed by atoms with E-state index in [0.717, 1.165) is 0 Å². The van der Waals surface area contributed by atoms with Gasteiger partial charge in [0.2, 0.25) is 0 Å². The summed E-state index contributed by atoms with van der Waals surface area (Å²) in [5.41, 5.74) is -5.20. The molecule has 4 rings (SSSR count). The van der Waals surface area contributed by atoms with Crippen molar-refractivity contribution in [3.63, 3.8) is 0 Å². The number of aliphatic hydroxyl groups excluding tert-OH is 1. The molecule has 0 aromatic heterocycles. The highest BCUT2D eigenvalue weighted by atomic mass is 19.1. The highest BCUT2D eigenvalue weighted by Gasteiger charge is 2.78. The topological polar surface area (TPSA) is 54.4 Å². The van der Waals surface area contributed by atoms with E-state index in [1.807, 2.05) is 27.7 Å². The lowest BCUT2D eigenvalue weighted by Crippen LogP contribution is -2.72. The molecule has 8 unspecified atom stereocenters. The molecule has 0 radical (unpaired) electrons. The Balaban J connectivity index is 1.91. The average molecular weight is 421 g/mol. The number of carbonyl (C=O) groups is 2. The van der Waals surface area contributed by atoms with Crippen LogP contribution in [0.15, 0.2) is 23.8 Å². The Bertz CT molecular complexity index is 864. The summed E-state index contributed by atoms with van der Waals surface area (Å²) in [6.45, 7) is 9.53. The summed E-state index contributed by atoms with van der Waals surface area (Å²) in [4.78, 5) is 25.1.